The van der Waals surface area contributed by atoms with Crippen LogP contribution in [0, 0.1) is 17.3 Å². The molecule has 0 saturated carbocycles. The molecule has 3 heterocycles. The van der Waals surface area contributed by atoms with Crippen molar-refractivity contribution in [1.82, 2.24) is 9.80 Å². The predicted octanol–water partition coefficient (Wildman–Crippen LogP) is 3.40. The highest BCUT2D eigenvalue weighted by atomic mass is 16.5. The average molecular weight is 334 g/mol. The molecule has 2 atom stereocenters. The van der Waals surface area contributed by atoms with Crippen molar-refractivity contribution in [3.8, 4) is 0 Å². The molecule has 3 aliphatic heterocycles. The first-order valence-electron chi connectivity index (χ1n) is 9.66. The monoisotopic (exact) mass is 333 g/mol. The zero-order valence-corrected chi connectivity index (χ0v) is 16.4. The smallest absolute Gasteiger partial charge is 0.109 e. The number of hydrogen-bond acceptors (Lipinski definition) is 4. The van der Waals surface area contributed by atoms with Crippen molar-refractivity contribution < 1.29 is 4.74 Å². The van der Waals surface area contributed by atoms with Crippen LogP contribution in [-0.4, -0.2) is 61.1 Å². The maximum absolute atomic E-state index is 5.50. The lowest BCUT2D eigenvalue weighted by atomic mass is 9.87. The number of morpholine rings is 1. The summed E-state index contributed by atoms with van der Waals surface area (Å²) < 4.78 is 5.50. The van der Waals surface area contributed by atoms with Gasteiger partial charge in [-0.15, -0.1) is 0 Å². The van der Waals surface area contributed by atoms with E-state index in [9.17, 15) is 0 Å². The van der Waals surface area contributed by atoms with Gasteiger partial charge in [0, 0.05) is 37.3 Å². The van der Waals surface area contributed by atoms with Crippen LogP contribution in [0.25, 0.3) is 0 Å². The average Bonchev–Trinajstić information content (AvgIpc) is 2.88. The van der Waals surface area contributed by atoms with Gasteiger partial charge in [-0.2, -0.15) is 0 Å². The van der Waals surface area contributed by atoms with Crippen LogP contribution >= 0.6 is 0 Å². The maximum atomic E-state index is 5.50. The second-order valence-electron chi connectivity index (χ2n) is 9.03. The standard InChI is InChI=1S/C20H35N3O/c1-14(2)18-15(3)21-19(20(4,5)6)23-13-16(11-17(18)23)12-22-7-9-24-10-8-22/h14-16H,7-13H2,1-6H3/t15-,16+/m0/s1. The minimum atomic E-state index is 0.107. The number of ether oxygens (including phenoxy) is 1. The van der Waals surface area contributed by atoms with Crippen molar-refractivity contribution in [3.05, 3.63) is 11.3 Å². The number of amidine groups is 1. The van der Waals surface area contributed by atoms with Crippen LogP contribution in [0.15, 0.2) is 16.3 Å². The number of rotatable bonds is 3. The molecule has 0 amide bonds. The Balaban J connectivity index is 1.83. The second kappa shape index (κ2) is 6.80. The molecule has 0 bridgehead atoms. The first kappa shape index (κ1) is 17.9. The van der Waals surface area contributed by atoms with E-state index in [2.05, 4.69) is 51.3 Å². The highest BCUT2D eigenvalue weighted by Crippen LogP contribution is 2.40. The molecule has 0 aromatic carbocycles. The third kappa shape index (κ3) is 3.55. The largest absolute Gasteiger partial charge is 0.379 e. The molecule has 3 aliphatic rings. The molecule has 0 aromatic heterocycles. The summed E-state index contributed by atoms with van der Waals surface area (Å²) in [4.78, 5) is 10.3. The SMILES string of the molecule is CC(C)C1=C2C[C@H](CN3CCOCC3)CN2C(C(C)(C)C)=N[C@H]1C. The molecule has 0 spiro atoms. The molecule has 2 fully saturated rings. The molecule has 0 radical (unpaired) electrons. The van der Waals surface area contributed by atoms with Gasteiger partial charge in [0.15, 0.2) is 0 Å². The Morgan fingerprint density at radius 2 is 1.88 bits per heavy atom. The summed E-state index contributed by atoms with van der Waals surface area (Å²) in [5.41, 5.74) is 3.25. The molecule has 2 saturated heterocycles. The molecule has 0 N–H and O–H groups in total. The van der Waals surface area contributed by atoms with Gasteiger partial charge in [0.2, 0.25) is 0 Å². The summed E-state index contributed by atoms with van der Waals surface area (Å²) in [7, 11) is 0. The first-order chi connectivity index (χ1) is 11.3. The van der Waals surface area contributed by atoms with E-state index in [1.54, 1.807) is 11.3 Å². The van der Waals surface area contributed by atoms with E-state index in [-0.39, 0.29) is 5.41 Å². The van der Waals surface area contributed by atoms with Gasteiger partial charge in [-0.1, -0.05) is 34.6 Å². The summed E-state index contributed by atoms with van der Waals surface area (Å²) in [5.74, 6) is 2.58. The van der Waals surface area contributed by atoms with Gasteiger partial charge in [-0.05, 0) is 30.8 Å². The van der Waals surface area contributed by atoms with Crippen LogP contribution in [0.1, 0.15) is 48.0 Å². The topological polar surface area (TPSA) is 28.1 Å². The maximum Gasteiger partial charge on any atom is 0.109 e. The van der Waals surface area contributed by atoms with Crippen LogP contribution in [0.3, 0.4) is 0 Å². The summed E-state index contributed by atoms with van der Waals surface area (Å²) >= 11 is 0. The van der Waals surface area contributed by atoms with Crippen molar-refractivity contribution in [2.45, 2.75) is 54.0 Å². The Labute approximate surface area is 147 Å². The van der Waals surface area contributed by atoms with Crippen molar-refractivity contribution in [2.24, 2.45) is 22.2 Å². The fourth-order valence-corrected chi connectivity index (χ4v) is 4.55. The zero-order valence-electron chi connectivity index (χ0n) is 16.4. The van der Waals surface area contributed by atoms with Crippen LogP contribution in [0.2, 0.25) is 0 Å². The zero-order chi connectivity index (χ0) is 17.5. The fourth-order valence-electron chi connectivity index (χ4n) is 4.55. The van der Waals surface area contributed by atoms with Crippen molar-refractivity contribution >= 4 is 5.84 Å². The summed E-state index contributed by atoms with van der Waals surface area (Å²) in [6.45, 7) is 20.1. The minimum Gasteiger partial charge on any atom is -0.379 e. The molecular formula is C20H35N3O. The Morgan fingerprint density at radius 1 is 1.21 bits per heavy atom. The molecule has 0 aromatic rings. The van der Waals surface area contributed by atoms with Crippen LogP contribution in [-0.2, 0) is 4.74 Å². The number of fused-ring (bicyclic) bond motifs is 1. The fraction of sp³-hybridized carbons (Fsp3) is 0.850. The van der Waals surface area contributed by atoms with E-state index in [1.807, 2.05) is 0 Å². The normalized spacial score (nSPS) is 29.3. The number of aliphatic imine (C=N–C) groups is 1. The van der Waals surface area contributed by atoms with Gasteiger partial charge >= 0.3 is 0 Å². The van der Waals surface area contributed by atoms with Crippen LogP contribution < -0.4 is 0 Å². The van der Waals surface area contributed by atoms with Crippen molar-refractivity contribution in [3.63, 3.8) is 0 Å². The lowest BCUT2D eigenvalue weighted by molar-refractivity contribution is 0.0315. The highest BCUT2D eigenvalue weighted by Gasteiger charge is 2.40. The number of nitrogens with zero attached hydrogens (tertiary/aromatic N) is 3. The third-order valence-corrected chi connectivity index (χ3v) is 5.52. The van der Waals surface area contributed by atoms with Gasteiger partial charge in [0.1, 0.15) is 5.84 Å². The van der Waals surface area contributed by atoms with Crippen molar-refractivity contribution in [1.29, 1.82) is 0 Å². The van der Waals surface area contributed by atoms with Gasteiger partial charge < -0.3 is 9.64 Å². The number of hydrogen-bond donors (Lipinski definition) is 0. The Morgan fingerprint density at radius 3 is 2.46 bits per heavy atom. The van der Waals surface area contributed by atoms with Gasteiger partial charge in [-0.3, -0.25) is 9.89 Å². The third-order valence-electron chi connectivity index (χ3n) is 5.52. The molecule has 4 nitrogen and oxygen atoms in total. The predicted molar refractivity (Wildman–Crippen MR) is 100 cm³/mol. The highest BCUT2D eigenvalue weighted by molar-refractivity contribution is 5.90. The molecule has 3 rings (SSSR count). The Kier molecular flexibility index (Phi) is 5.08. The van der Waals surface area contributed by atoms with Gasteiger partial charge in [0.25, 0.3) is 0 Å². The molecule has 0 aliphatic carbocycles. The van der Waals surface area contributed by atoms with E-state index in [0.717, 1.165) is 32.8 Å². The quantitative estimate of drug-likeness (QED) is 0.792. The lowest BCUT2D eigenvalue weighted by Crippen LogP contribution is -2.43. The lowest BCUT2D eigenvalue weighted by Gasteiger charge is -2.39. The minimum absolute atomic E-state index is 0.107. The number of allylic oxidation sites excluding steroid dienone is 1. The molecule has 4 heteroatoms. The molecular weight excluding hydrogens is 298 g/mol. The first-order valence-corrected chi connectivity index (χ1v) is 9.66. The summed E-state index contributed by atoms with van der Waals surface area (Å²) in [6.07, 6.45) is 1.21. The van der Waals surface area contributed by atoms with Crippen LogP contribution in [0.5, 0.6) is 0 Å². The van der Waals surface area contributed by atoms with E-state index >= 15 is 0 Å². The van der Waals surface area contributed by atoms with E-state index in [4.69, 9.17) is 9.73 Å². The summed E-state index contributed by atoms with van der Waals surface area (Å²) in [6, 6.07) is 0.326. The van der Waals surface area contributed by atoms with Gasteiger partial charge in [0.05, 0.1) is 19.3 Å². The molecule has 136 valence electrons. The molecule has 0 unspecified atom stereocenters. The Hall–Kier alpha value is -0.870. The van der Waals surface area contributed by atoms with E-state index in [1.165, 1.54) is 18.8 Å². The van der Waals surface area contributed by atoms with Crippen molar-refractivity contribution in [2.75, 3.05) is 39.4 Å². The van der Waals surface area contributed by atoms with Crippen LogP contribution in [0.4, 0.5) is 0 Å². The summed E-state index contributed by atoms with van der Waals surface area (Å²) in [5, 5.41) is 0. The second-order valence-corrected chi connectivity index (χ2v) is 9.03. The van der Waals surface area contributed by atoms with Gasteiger partial charge in [-0.25, -0.2) is 0 Å². The molecule has 24 heavy (non-hydrogen) atoms. The van der Waals surface area contributed by atoms with E-state index in [0.29, 0.717) is 17.9 Å². The van der Waals surface area contributed by atoms with E-state index < -0.39 is 0 Å². The Bertz CT molecular complexity index is 523.